The standard InChI is InChI=1S/C27H31N5O/c33-27(31-16-12-22(13-17-31)18-21-6-2-1-3-7-21)24-9-5-15-32(20-24)26-11-10-25(29-30-26)23-8-4-14-28-19-23/h1-4,6-8,10-11,14,19,22,24H,5,9,12-13,15-18,20H2. The zero-order valence-electron chi connectivity index (χ0n) is 19.0. The summed E-state index contributed by atoms with van der Waals surface area (Å²) in [6.45, 7) is 3.41. The molecule has 33 heavy (non-hydrogen) atoms. The number of anilines is 1. The fourth-order valence-electron chi connectivity index (χ4n) is 5.11. The highest BCUT2D eigenvalue weighted by Gasteiger charge is 2.32. The van der Waals surface area contributed by atoms with Gasteiger partial charge in [0.1, 0.15) is 0 Å². The fourth-order valence-corrected chi connectivity index (χ4v) is 5.11. The largest absolute Gasteiger partial charge is 0.354 e. The fraction of sp³-hybridized carbons (Fsp3) is 0.407. The third-order valence-corrected chi connectivity index (χ3v) is 7.00. The molecule has 2 aliphatic rings. The Hall–Kier alpha value is -3.28. The molecule has 6 heteroatoms. The molecular formula is C27H31N5O. The van der Waals surface area contributed by atoms with Crippen LogP contribution in [0.2, 0.25) is 0 Å². The Morgan fingerprint density at radius 2 is 1.76 bits per heavy atom. The molecule has 2 saturated heterocycles. The van der Waals surface area contributed by atoms with Crippen molar-refractivity contribution in [2.75, 3.05) is 31.1 Å². The van der Waals surface area contributed by atoms with Crippen molar-refractivity contribution in [3.8, 4) is 11.3 Å². The van der Waals surface area contributed by atoms with E-state index in [9.17, 15) is 4.79 Å². The van der Waals surface area contributed by atoms with Crippen molar-refractivity contribution in [3.05, 3.63) is 72.6 Å². The topological polar surface area (TPSA) is 62.2 Å². The lowest BCUT2D eigenvalue weighted by atomic mass is 9.89. The van der Waals surface area contributed by atoms with Crippen LogP contribution in [0.1, 0.15) is 31.2 Å². The van der Waals surface area contributed by atoms with Crippen LogP contribution in [-0.4, -0.2) is 52.2 Å². The summed E-state index contributed by atoms with van der Waals surface area (Å²) in [7, 11) is 0. The Balaban J connectivity index is 1.16. The van der Waals surface area contributed by atoms with Crippen molar-refractivity contribution in [2.24, 2.45) is 11.8 Å². The van der Waals surface area contributed by atoms with Crippen LogP contribution in [-0.2, 0) is 11.2 Å². The second-order valence-corrected chi connectivity index (χ2v) is 9.26. The number of rotatable bonds is 5. The van der Waals surface area contributed by atoms with E-state index in [1.807, 2.05) is 24.3 Å². The lowest BCUT2D eigenvalue weighted by Crippen LogP contribution is -2.47. The number of pyridine rings is 1. The van der Waals surface area contributed by atoms with Crippen LogP contribution in [0, 0.1) is 11.8 Å². The first-order valence-corrected chi connectivity index (χ1v) is 12.1. The first-order chi connectivity index (χ1) is 16.3. The molecule has 0 aliphatic carbocycles. The molecule has 0 bridgehead atoms. The maximum absolute atomic E-state index is 13.3. The summed E-state index contributed by atoms with van der Waals surface area (Å²) < 4.78 is 0. The summed E-state index contributed by atoms with van der Waals surface area (Å²) >= 11 is 0. The minimum absolute atomic E-state index is 0.0456. The number of nitrogens with zero attached hydrogens (tertiary/aromatic N) is 5. The quantitative estimate of drug-likeness (QED) is 0.593. The van der Waals surface area contributed by atoms with Crippen molar-refractivity contribution in [2.45, 2.75) is 32.1 Å². The van der Waals surface area contributed by atoms with E-state index >= 15 is 0 Å². The highest BCUT2D eigenvalue weighted by atomic mass is 16.2. The normalized spacial score (nSPS) is 19.5. The van der Waals surface area contributed by atoms with Crippen molar-refractivity contribution in [1.82, 2.24) is 20.1 Å². The summed E-state index contributed by atoms with van der Waals surface area (Å²) in [5, 5.41) is 8.86. The summed E-state index contributed by atoms with van der Waals surface area (Å²) in [6.07, 6.45) is 8.82. The Labute approximate surface area is 195 Å². The van der Waals surface area contributed by atoms with Crippen LogP contribution in [0.25, 0.3) is 11.3 Å². The number of hydrogen-bond donors (Lipinski definition) is 0. The minimum atomic E-state index is 0.0456. The first kappa shape index (κ1) is 21.6. The molecule has 6 nitrogen and oxygen atoms in total. The average Bonchev–Trinajstić information content (AvgIpc) is 2.90. The van der Waals surface area contributed by atoms with E-state index in [4.69, 9.17) is 0 Å². The smallest absolute Gasteiger partial charge is 0.227 e. The molecule has 0 N–H and O–H groups in total. The van der Waals surface area contributed by atoms with E-state index < -0.39 is 0 Å². The number of piperidine rings is 2. The summed E-state index contributed by atoms with van der Waals surface area (Å²) in [4.78, 5) is 21.8. The minimum Gasteiger partial charge on any atom is -0.354 e. The third-order valence-electron chi connectivity index (χ3n) is 7.00. The molecule has 0 radical (unpaired) electrons. The Morgan fingerprint density at radius 3 is 2.48 bits per heavy atom. The van der Waals surface area contributed by atoms with Crippen LogP contribution in [0.5, 0.6) is 0 Å². The zero-order chi connectivity index (χ0) is 22.5. The predicted octanol–water partition coefficient (Wildman–Crippen LogP) is 4.24. The molecular weight excluding hydrogens is 410 g/mol. The number of carbonyl (C=O) groups is 1. The van der Waals surface area contributed by atoms with Gasteiger partial charge in [-0.2, -0.15) is 0 Å². The van der Waals surface area contributed by atoms with Crippen LogP contribution >= 0.6 is 0 Å². The average molecular weight is 442 g/mol. The predicted molar refractivity (Wildman–Crippen MR) is 130 cm³/mol. The number of aromatic nitrogens is 3. The van der Waals surface area contributed by atoms with Crippen molar-refractivity contribution in [1.29, 1.82) is 0 Å². The molecule has 2 aromatic heterocycles. The lowest BCUT2D eigenvalue weighted by Gasteiger charge is -2.38. The maximum atomic E-state index is 13.3. The van der Waals surface area contributed by atoms with E-state index in [0.717, 1.165) is 75.4 Å². The van der Waals surface area contributed by atoms with Crippen molar-refractivity contribution < 1.29 is 4.79 Å². The van der Waals surface area contributed by atoms with Gasteiger partial charge in [0.15, 0.2) is 5.82 Å². The molecule has 1 amide bonds. The molecule has 2 fully saturated rings. The van der Waals surface area contributed by atoms with E-state index in [1.54, 1.807) is 12.4 Å². The maximum Gasteiger partial charge on any atom is 0.227 e. The van der Waals surface area contributed by atoms with E-state index in [1.165, 1.54) is 5.56 Å². The summed E-state index contributed by atoms with van der Waals surface area (Å²) in [5.74, 6) is 1.89. The monoisotopic (exact) mass is 441 g/mol. The van der Waals surface area contributed by atoms with Crippen LogP contribution < -0.4 is 4.90 Å². The summed E-state index contributed by atoms with van der Waals surface area (Å²) in [5.41, 5.74) is 3.18. The van der Waals surface area contributed by atoms with Gasteiger partial charge in [-0.3, -0.25) is 9.78 Å². The van der Waals surface area contributed by atoms with E-state index in [0.29, 0.717) is 11.8 Å². The Bertz CT molecular complexity index is 1030. The van der Waals surface area contributed by atoms with Gasteiger partial charge < -0.3 is 9.80 Å². The molecule has 2 aliphatic heterocycles. The molecule has 4 heterocycles. The van der Waals surface area contributed by atoms with E-state index in [-0.39, 0.29) is 5.92 Å². The van der Waals surface area contributed by atoms with Crippen LogP contribution in [0.4, 0.5) is 5.82 Å². The second-order valence-electron chi connectivity index (χ2n) is 9.26. The molecule has 170 valence electrons. The molecule has 1 aromatic carbocycles. The van der Waals surface area contributed by atoms with Gasteiger partial charge in [-0.05, 0) is 67.9 Å². The van der Waals surface area contributed by atoms with Gasteiger partial charge in [0.2, 0.25) is 5.91 Å². The Kier molecular flexibility index (Phi) is 6.61. The van der Waals surface area contributed by atoms with Gasteiger partial charge in [-0.15, -0.1) is 10.2 Å². The highest BCUT2D eigenvalue weighted by Crippen LogP contribution is 2.27. The number of benzene rings is 1. The number of hydrogen-bond acceptors (Lipinski definition) is 5. The molecule has 1 atom stereocenters. The van der Waals surface area contributed by atoms with Crippen LogP contribution in [0.3, 0.4) is 0 Å². The van der Waals surface area contributed by atoms with Gasteiger partial charge >= 0.3 is 0 Å². The lowest BCUT2D eigenvalue weighted by molar-refractivity contribution is -0.137. The SMILES string of the molecule is O=C(C1CCCN(c2ccc(-c3cccnc3)nn2)C1)N1CCC(Cc2ccccc2)CC1. The van der Waals surface area contributed by atoms with Gasteiger partial charge in [-0.1, -0.05) is 30.3 Å². The summed E-state index contributed by atoms with van der Waals surface area (Å²) in [6, 6.07) is 18.6. The number of amides is 1. The van der Waals surface area contributed by atoms with Crippen molar-refractivity contribution >= 4 is 11.7 Å². The van der Waals surface area contributed by atoms with Crippen molar-refractivity contribution in [3.63, 3.8) is 0 Å². The third kappa shape index (κ3) is 5.21. The molecule has 1 unspecified atom stereocenters. The van der Waals surface area contributed by atoms with Gasteiger partial charge in [-0.25, -0.2) is 0 Å². The first-order valence-electron chi connectivity index (χ1n) is 12.1. The van der Waals surface area contributed by atoms with Crippen LogP contribution in [0.15, 0.2) is 67.0 Å². The van der Waals surface area contributed by atoms with Gasteiger partial charge in [0, 0.05) is 44.1 Å². The molecule has 0 saturated carbocycles. The number of carbonyl (C=O) groups excluding carboxylic acids is 1. The highest BCUT2D eigenvalue weighted by molar-refractivity contribution is 5.80. The molecule has 5 rings (SSSR count). The Morgan fingerprint density at radius 1 is 0.909 bits per heavy atom. The zero-order valence-corrected chi connectivity index (χ0v) is 19.0. The second kappa shape index (κ2) is 10.1. The number of likely N-dealkylation sites (tertiary alicyclic amines) is 1. The molecule has 0 spiro atoms. The van der Waals surface area contributed by atoms with Gasteiger partial charge in [0.05, 0.1) is 11.6 Å². The van der Waals surface area contributed by atoms with Gasteiger partial charge in [0.25, 0.3) is 0 Å². The van der Waals surface area contributed by atoms with E-state index in [2.05, 4.69) is 55.3 Å². The molecule has 3 aromatic rings.